The average Bonchev–Trinajstić information content (AvgIpc) is 3.09. The summed E-state index contributed by atoms with van der Waals surface area (Å²) < 4.78 is 4.80. The number of aromatic amines is 1. The number of carbonyl (C=O) groups excluding carboxylic acids is 2. The highest BCUT2D eigenvalue weighted by atomic mass is 32.2. The number of urea groups is 1. The normalized spacial score (nSPS) is 10.5. The Kier molecular flexibility index (Phi) is 7.42. The molecule has 3 amide bonds. The van der Waals surface area contributed by atoms with Gasteiger partial charge in [-0.3, -0.25) is 15.2 Å². The van der Waals surface area contributed by atoms with Crippen LogP contribution in [0.2, 0.25) is 0 Å². The predicted molar refractivity (Wildman–Crippen MR) is 95.3 cm³/mol. The number of carbonyl (C=O) groups is 2. The molecule has 0 radical (unpaired) electrons. The maximum Gasteiger partial charge on any atom is 0.321 e. The molecule has 0 unspecified atom stereocenters. The van der Waals surface area contributed by atoms with E-state index in [2.05, 4.69) is 32.7 Å². The van der Waals surface area contributed by atoms with E-state index in [-0.39, 0.29) is 5.75 Å². The number of amides is 3. The number of aryl methyl sites for hydroxylation is 1. The second-order valence-electron chi connectivity index (χ2n) is 5.10. The summed E-state index contributed by atoms with van der Waals surface area (Å²) in [5, 5.41) is 12.1. The van der Waals surface area contributed by atoms with E-state index in [1.165, 1.54) is 12.7 Å². The molecule has 0 aliphatic rings. The highest BCUT2D eigenvalue weighted by Gasteiger charge is 2.11. The van der Waals surface area contributed by atoms with E-state index in [0.29, 0.717) is 24.1 Å². The molecule has 25 heavy (non-hydrogen) atoms. The lowest BCUT2D eigenvalue weighted by molar-refractivity contribution is -0.117. The molecule has 1 heterocycles. The molecule has 8 nitrogen and oxygen atoms in total. The molecule has 0 spiro atoms. The van der Waals surface area contributed by atoms with Crippen LogP contribution in [0.25, 0.3) is 11.4 Å². The monoisotopic (exact) mass is 363 g/mol. The first-order valence-electron chi connectivity index (χ1n) is 7.83. The van der Waals surface area contributed by atoms with Crippen LogP contribution in [-0.2, 0) is 16.0 Å². The largest absolute Gasteiger partial charge is 0.383 e. The number of hydrogen-bond donors (Lipinski definition) is 3. The zero-order chi connectivity index (χ0) is 18.1. The third-order valence-corrected chi connectivity index (χ3v) is 4.12. The fraction of sp³-hybridized carbons (Fsp3) is 0.375. The summed E-state index contributed by atoms with van der Waals surface area (Å²) in [6.07, 6.45) is 0.978. The van der Waals surface area contributed by atoms with Crippen molar-refractivity contribution in [1.29, 1.82) is 0 Å². The van der Waals surface area contributed by atoms with Gasteiger partial charge in [-0.25, -0.2) is 9.78 Å². The van der Waals surface area contributed by atoms with Crippen LogP contribution in [0.3, 0.4) is 0 Å². The van der Waals surface area contributed by atoms with Crippen molar-refractivity contribution in [2.24, 2.45) is 0 Å². The minimum atomic E-state index is -0.547. The lowest BCUT2D eigenvalue weighted by atomic mass is 10.1. The van der Waals surface area contributed by atoms with Gasteiger partial charge in [0.2, 0.25) is 11.1 Å². The molecular formula is C16H21N5O3S. The van der Waals surface area contributed by atoms with Gasteiger partial charge in [0, 0.05) is 19.2 Å². The summed E-state index contributed by atoms with van der Waals surface area (Å²) in [6, 6.07) is 7.49. The molecule has 0 aliphatic heterocycles. The van der Waals surface area contributed by atoms with Crippen molar-refractivity contribution < 1.29 is 14.3 Å². The van der Waals surface area contributed by atoms with Crippen molar-refractivity contribution in [3.05, 3.63) is 29.8 Å². The number of benzene rings is 1. The van der Waals surface area contributed by atoms with Crippen molar-refractivity contribution in [1.82, 2.24) is 25.8 Å². The minimum absolute atomic E-state index is 0.0454. The zero-order valence-corrected chi connectivity index (χ0v) is 15.0. The Hall–Kier alpha value is -2.39. The number of imide groups is 1. The van der Waals surface area contributed by atoms with E-state index in [4.69, 9.17) is 4.74 Å². The maximum absolute atomic E-state index is 11.7. The third kappa shape index (κ3) is 6.20. The molecule has 134 valence electrons. The van der Waals surface area contributed by atoms with E-state index < -0.39 is 11.9 Å². The number of aromatic nitrogens is 3. The van der Waals surface area contributed by atoms with Crippen LogP contribution in [0.4, 0.5) is 4.79 Å². The first-order valence-corrected chi connectivity index (χ1v) is 8.82. The average molecular weight is 363 g/mol. The molecule has 0 aliphatic carbocycles. The molecule has 0 bridgehead atoms. The second kappa shape index (κ2) is 9.80. The Morgan fingerprint density at radius 1 is 1.28 bits per heavy atom. The summed E-state index contributed by atoms with van der Waals surface area (Å²) in [6.45, 7) is 2.82. The van der Waals surface area contributed by atoms with Gasteiger partial charge in [0.25, 0.3) is 0 Å². The smallest absolute Gasteiger partial charge is 0.321 e. The van der Waals surface area contributed by atoms with E-state index >= 15 is 0 Å². The number of thioether (sulfide) groups is 1. The SMILES string of the molecule is CCc1ccc(-c2nc(SCC(=O)NC(=O)NCCOC)n[nH]2)cc1. The highest BCUT2D eigenvalue weighted by Crippen LogP contribution is 2.19. The van der Waals surface area contributed by atoms with Gasteiger partial charge in [-0.05, 0) is 12.0 Å². The van der Waals surface area contributed by atoms with Crippen LogP contribution >= 0.6 is 11.8 Å². The van der Waals surface area contributed by atoms with Gasteiger partial charge in [0.1, 0.15) is 0 Å². The molecule has 9 heteroatoms. The molecule has 1 aromatic carbocycles. The second-order valence-corrected chi connectivity index (χ2v) is 6.05. The molecular weight excluding hydrogens is 342 g/mol. The molecule has 0 saturated heterocycles. The molecule has 1 aromatic heterocycles. The van der Waals surface area contributed by atoms with Gasteiger partial charge in [-0.1, -0.05) is 43.0 Å². The Labute approximate surface area is 150 Å². The summed E-state index contributed by atoms with van der Waals surface area (Å²) in [5.74, 6) is 0.269. The Morgan fingerprint density at radius 2 is 2.04 bits per heavy atom. The molecule has 0 saturated carbocycles. The minimum Gasteiger partial charge on any atom is -0.383 e. The maximum atomic E-state index is 11.7. The number of rotatable bonds is 8. The van der Waals surface area contributed by atoms with Gasteiger partial charge in [0.05, 0.1) is 12.4 Å². The van der Waals surface area contributed by atoms with Crippen molar-refractivity contribution in [2.75, 3.05) is 26.0 Å². The predicted octanol–water partition coefficient (Wildman–Crippen LogP) is 1.60. The van der Waals surface area contributed by atoms with Crippen molar-refractivity contribution in [3.63, 3.8) is 0 Å². The summed E-state index contributed by atoms with van der Waals surface area (Å²) in [5.41, 5.74) is 2.18. The molecule has 3 N–H and O–H groups in total. The summed E-state index contributed by atoms with van der Waals surface area (Å²) in [7, 11) is 1.53. The van der Waals surface area contributed by atoms with E-state index in [9.17, 15) is 9.59 Å². The molecule has 0 atom stereocenters. The van der Waals surface area contributed by atoms with Crippen molar-refractivity contribution in [2.45, 2.75) is 18.5 Å². The lowest BCUT2D eigenvalue weighted by Gasteiger charge is -2.05. The van der Waals surface area contributed by atoms with E-state index in [1.54, 1.807) is 0 Å². The Balaban J connectivity index is 1.80. The number of H-pyrrole nitrogens is 1. The van der Waals surface area contributed by atoms with Gasteiger partial charge in [0.15, 0.2) is 5.82 Å². The van der Waals surface area contributed by atoms with Gasteiger partial charge in [-0.15, -0.1) is 5.10 Å². The first kappa shape index (κ1) is 18.9. The highest BCUT2D eigenvalue weighted by molar-refractivity contribution is 7.99. The fourth-order valence-electron chi connectivity index (χ4n) is 1.94. The molecule has 2 aromatic rings. The van der Waals surface area contributed by atoms with Crippen LogP contribution < -0.4 is 10.6 Å². The van der Waals surface area contributed by atoms with E-state index in [0.717, 1.165) is 23.7 Å². The van der Waals surface area contributed by atoms with E-state index in [1.807, 2.05) is 24.3 Å². The lowest BCUT2D eigenvalue weighted by Crippen LogP contribution is -2.41. The quantitative estimate of drug-likeness (QED) is 0.485. The third-order valence-electron chi connectivity index (χ3n) is 3.28. The summed E-state index contributed by atoms with van der Waals surface area (Å²) >= 11 is 1.15. The van der Waals surface area contributed by atoms with Crippen LogP contribution in [0, 0.1) is 0 Å². The number of ether oxygens (including phenoxy) is 1. The number of hydrogen-bond acceptors (Lipinski definition) is 6. The van der Waals surface area contributed by atoms with Gasteiger partial charge in [-0.2, -0.15) is 0 Å². The number of nitrogens with zero attached hydrogens (tertiary/aromatic N) is 2. The van der Waals surface area contributed by atoms with Crippen LogP contribution in [0.1, 0.15) is 12.5 Å². The first-order chi connectivity index (χ1) is 12.1. The van der Waals surface area contributed by atoms with Gasteiger partial charge < -0.3 is 10.1 Å². The van der Waals surface area contributed by atoms with Crippen LogP contribution in [0.5, 0.6) is 0 Å². The molecule has 2 rings (SSSR count). The number of methoxy groups -OCH3 is 1. The zero-order valence-electron chi connectivity index (χ0n) is 14.2. The Bertz CT molecular complexity index is 702. The van der Waals surface area contributed by atoms with Crippen molar-refractivity contribution >= 4 is 23.7 Å². The fourth-order valence-corrected chi connectivity index (χ4v) is 2.54. The Morgan fingerprint density at radius 3 is 2.72 bits per heavy atom. The summed E-state index contributed by atoms with van der Waals surface area (Å²) in [4.78, 5) is 27.5. The molecule has 0 fully saturated rings. The number of nitrogens with one attached hydrogen (secondary N) is 3. The van der Waals surface area contributed by atoms with Gasteiger partial charge >= 0.3 is 6.03 Å². The van der Waals surface area contributed by atoms with Crippen LogP contribution in [-0.4, -0.2) is 53.1 Å². The van der Waals surface area contributed by atoms with Crippen LogP contribution in [0.15, 0.2) is 29.4 Å². The van der Waals surface area contributed by atoms with Crippen molar-refractivity contribution in [3.8, 4) is 11.4 Å². The topological polar surface area (TPSA) is 109 Å². The standard InChI is InChI=1S/C16H21N5O3S/c1-3-11-4-6-12(7-5-11)14-19-16(21-20-14)25-10-13(22)18-15(23)17-8-9-24-2/h4-7H,3,8-10H2,1-2H3,(H,19,20,21)(H2,17,18,22,23).